The van der Waals surface area contributed by atoms with Gasteiger partial charge in [0.05, 0.1) is 5.54 Å². The quantitative estimate of drug-likeness (QED) is 0.639. The van der Waals surface area contributed by atoms with Crippen LogP contribution in [0.25, 0.3) is 10.8 Å². The molecule has 1 amide bonds. The van der Waals surface area contributed by atoms with E-state index in [0.29, 0.717) is 13.0 Å². The number of carbonyl (C=O) groups is 2. The largest absolute Gasteiger partial charge is 0.332 e. The van der Waals surface area contributed by atoms with Crippen molar-refractivity contribution in [3.63, 3.8) is 0 Å². The first-order chi connectivity index (χ1) is 13.0. The summed E-state index contributed by atoms with van der Waals surface area (Å²) in [5, 5.41) is 2.34. The van der Waals surface area contributed by atoms with Crippen LogP contribution in [0.5, 0.6) is 0 Å². The highest BCUT2D eigenvalue weighted by molar-refractivity contribution is 6.08. The number of likely N-dealkylation sites (tertiary alicyclic amines) is 1. The molecular weight excluding hydrogens is 334 g/mol. The van der Waals surface area contributed by atoms with Crippen LogP contribution in [-0.4, -0.2) is 23.1 Å². The van der Waals surface area contributed by atoms with E-state index in [1.165, 1.54) is 5.39 Å². The molecule has 1 atom stereocenters. The molecule has 0 aliphatic carbocycles. The number of rotatable bonds is 3. The Kier molecular flexibility index (Phi) is 4.31. The summed E-state index contributed by atoms with van der Waals surface area (Å²) in [6.45, 7) is 4.58. The van der Waals surface area contributed by atoms with Crippen molar-refractivity contribution < 1.29 is 9.59 Å². The molecule has 1 saturated heterocycles. The van der Waals surface area contributed by atoms with Crippen LogP contribution >= 0.6 is 0 Å². The van der Waals surface area contributed by atoms with E-state index in [-0.39, 0.29) is 11.7 Å². The number of ketones is 1. The summed E-state index contributed by atoms with van der Waals surface area (Å²) in [6, 6.07) is 23.9. The van der Waals surface area contributed by atoms with Crippen LogP contribution in [-0.2, 0) is 15.1 Å². The van der Waals surface area contributed by atoms with Gasteiger partial charge in [-0.15, -0.1) is 0 Å². The summed E-state index contributed by atoms with van der Waals surface area (Å²) in [6.07, 6.45) is 0.391. The molecule has 3 nitrogen and oxygen atoms in total. The highest BCUT2D eigenvalue weighted by Gasteiger charge is 2.42. The Morgan fingerprint density at radius 1 is 0.852 bits per heavy atom. The van der Waals surface area contributed by atoms with Gasteiger partial charge in [0.25, 0.3) is 0 Å². The summed E-state index contributed by atoms with van der Waals surface area (Å²) in [4.78, 5) is 27.7. The zero-order valence-corrected chi connectivity index (χ0v) is 15.7. The molecule has 1 aliphatic rings. The molecule has 1 heterocycles. The predicted octanol–water partition coefficient (Wildman–Crippen LogP) is 4.66. The molecule has 0 spiro atoms. The Balaban J connectivity index is 1.71. The number of benzene rings is 3. The Morgan fingerprint density at radius 2 is 1.52 bits per heavy atom. The van der Waals surface area contributed by atoms with Crippen LogP contribution in [0, 0.1) is 0 Å². The van der Waals surface area contributed by atoms with Crippen molar-refractivity contribution in [2.45, 2.75) is 31.7 Å². The summed E-state index contributed by atoms with van der Waals surface area (Å²) in [5.74, 6) is -0.785. The normalized spacial score (nSPS) is 18.1. The third-order valence-corrected chi connectivity index (χ3v) is 5.68. The lowest BCUT2D eigenvalue weighted by molar-refractivity contribution is -0.147. The zero-order valence-electron chi connectivity index (χ0n) is 15.7. The zero-order chi connectivity index (χ0) is 19.0. The van der Waals surface area contributed by atoms with Crippen molar-refractivity contribution in [2.24, 2.45) is 0 Å². The average Bonchev–Trinajstić information content (AvgIpc) is 2.68. The van der Waals surface area contributed by atoms with Gasteiger partial charge in [0, 0.05) is 13.0 Å². The summed E-state index contributed by atoms with van der Waals surface area (Å²) in [5.41, 5.74) is 1.37. The maximum absolute atomic E-state index is 13.3. The highest BCUT2D eigenvalue weighted by Crippen LogP contribution is 2.36. The van der Waals surface area contributed by atoms with Gasteiger partial charge in [-0.25, -0.2) is 0 Å². The molecule has 136 valence electrons. The molecule has 1 fully saturated rings. The second-order valence-electron chi connectivity index (χ2n) is 7.67. The van der Waals surface area contributed by atoms with Gasteiger partial charge in [0.1, 0.15) is 5.92 Å². The Morgan fingerprint density at radius 3 is 2.26 bits per heavy atom. The summed E-state index contributed by atoms with van der Waals surface area (Å²) >= 11 is 0. The van der Waals surface area contributed by atoms with Crippen LogP contribution in [0.4, 0.5) is 0 Å². The van der Waals surface area contributed by atoms with E-state index in [1.807, 2.05) is 47.4 Å². The Labute approximate surface area is 159 Å². The number of amides is 1. The van der Waals surface area contributed by atoms with E-state index in [2.05, 4.69) is 44.2 Å². The van der Waals surface area contributed by atoms with Crippen molar-refractivity contribution in [3.8, 4) is 0 Å². The summed E-state index contributed by atoms with van der Waals surface area (Å²) < 4.78 is 0. The number of hydrogen-bond acceptors (Lipinski definition) is 2. The van der Waals surface area contributed by atoms with Crippen molar-refractivity contribution in [2.75, 3.05) is 6.54 Å². The molecule has 3 heteroatoms. The third-order valence-electron chi connectivity index (χ3n) is 5.68. The van der Waals surface area contributed by atoms with E-state index < -0.39 is 11.5 Å². The van der Waals surface area contributed by atoms with Gasteiger partial charge in [0.2, 0.25) is 5.91 Å². The number of fused-ring (bicyclic) bond motifs is 1. The van der Waals surface area contributed by atoms with Gasteiger partial charge in [0.15, 0.2) is 5.78 Å². The van der Waals surface area contributed by atoms with E-state index in [1.54, 1.807) is 0 Å². The van der Waals surface area contributed by atoms with Crippen LogP contribution in [0.15, 0.2) is 72.8 Å². The van der Waals surface area contributed by atoms with E-state index in [4.69, 9.17) is 0 Å². The Bertz CT molecular complexity index is 1010. The van der Waals surface area contributed by atoms with Crippen LogP contribution in [0.2, 0.25) is 0 Å². The standard InChI is InChI=1S/C24H23NO2/c1-24(2,20-13-12-17-8-6-7-11-19(17)16-20)25-15-14-21(26)22(23(25)27)18-9-4-3-5-10-18/h3-13,16,22H,14-15H2,1-2H3. The number of nitrogens with zero attached hydrogens (tertiary/aromatic N) is 1. The maximum Gasteiger partial charge on any atom is 0.238 e. The van der Waals surface area contributed by atoms with Crippen molar-refractivity contribution in [1.82, 2.24) is 4.90 Å². The minimum Gasteiger partial charge on any atom is -0.332 e. The fraction of sp³-hybridized carbons (Fsp3) is 0.250. The number of carbonyl (C=O) groups excluding carboxylic acids is 2. The lowest BCUT2D eigenvalue weighted by atomic mass is 9.83. The average molecular weight is 357 g/mol. The molecule has 0 N–H and O–H groups in total. The third kappa shape index (κ3) is 3.03. The van der Waals surface area contributed by atoms with Crippen molar-refractivity contribution >= 4 is 22.5 Å². The number of Topliss-reactive ketones (excluding diaryl/α,β-unsaturated/α-hetero) is 1. The van der Waals surface area contributed by atoms with E-state index in [9.17, 15) is 9.59 Å². The lowest BCUT2D eigenvalue weighted by Crippen LogP contribution is -2.53. The van der Waals surface area contributed by atoms with Crippen LogP contribution in [0.3, 0.4) is 0 Å². The van der Waals surface area contributed by atoms with Gasteiger partial charge < -0.3 is 4.90 Å². The SMILES string of the molecule is CC(C)(c1ccc2ccccc2c1)N1CCC(=O)C(c2ccccc2)C1=O. The molecule has 27 heavy (non-hydrogen) atoms. The van der Waals surface area contributed by atoms with E-state index >= 15 is 0 Å². The Hall–Kier alpha value is -2.94. The molecule has 1 unspecified atom stereocenters. The first-order valence-corrected chi connectivity index (χ1v) is 9.37. The van der Waals surface area contributed by atoms with Crippen LogP contribution in [0.1, 0.15) is 37.3 Å². The number of piperidine rings is 1. The second-order valence-corrected chi connectivity index (χ2v) is 7.67. The van der Waals surface area contributed by atoms with Gasteiger partial charge in [-0.1, -0.05) is 66.7 Å². The first-order valence-electron chi connectivity index (χ1n) is 9.37. The molecule has 3 aromatic rings. The van der Waals surface area contributed by atoms with Gasteiger partial charge in [-0.2, -0.15) is 0 Å². The first kappa shape index (κ1) is 17.5. The second kappa shape index (κ2) is 6.66. The maximum atomic E-state index is 13.3. The van der Waals surface area contributed by atoms with Crippen LogP contribution < -0.4 is 0 Å². The number of hydrogen-bond donors (Lipinski definition) is 0. The minimum absolute atomic E-state index is 0.0109. The van der Waals surface area contributed by atoms with Gasteiger partial charge >= 0.3 is 0 Å². The molecule has 3 aromatic carbocycles. The smallest absolute Gasteiger partial charge is 0.238 e. The fourth-order valence-electron chi connectivity index (χ4n) is 4.02. The lowest BCUT2D eigenvalue weighted by Gasteiger charge is -2.43. The van der Waals surface area contributed by atoms with Gasteiger partial charge in [-0.3, -0.25) is 9.59 Å². The summed E-state index contributed by atoms with van der Waals surface area (Å²) in [7, 11) is 0. The monoisotopic (exact) mass is 357 g/mol. The predicted molar refractivity (Wildman–Crippen MR) is 107 cm³/mol. The van der Waals surface area contributed by atoms with E-state index in [0.717, 1.165) is 16.5 Å². The molecule has 0 aromatic heterocycles. The highest BCUT2D eigenvalue weighted by atomic mass is 16.2. The molecule has 1 aliphatic heterocycles. The molecule has 0 radical (unpaired) electrons. The molecule has 0 bridgehead atoms. The molecular formula is C24H23NO2. The molecule has 4 rings (SSSR count). The van der Waals surface area contributed by atoms with Crippen molar-refractivity contribution in [1.29, 1.82) is 0 Å². The molecule has 0 saturated carbocycles. The van der Waals surface area contributed by atoms with Gasteiger partial charge in [-0.05, 0) is 41.8 Å². The minimum atomic E-state index is -0.695. The fourth-order valence-corrected chi connectivity index (χ4v) is 4.02. The van der Waals surface area contributed by atoms with Crippen molar-refractivity contribution in [3.05, 3.63) is 83.9 Å². The topological polar surface area (TPSA) is 37.4 Å².